The highest BCUT2D eigenvalue weighted by atomic mass is 32.3. The molecule has 548 valence electrons. The van der Waals surface area contributed by atoms with Crippen LogP contribution < -0.4 is 0 Å². The van der Waals surface area contributed by atoms with Gasteiger partial charge in [-0.25, -0.2) is 4.79 Å². The quantitative estimate of drug-likeness (QED) is 0.115. The fraction of sp³-hybridized carbons (Fsp3) is 0.00909. The Bertz CT molecular complexity index is 6560. The zero-order chi connectivity index (χ0) is 77.6. The number of benzene rings is 21. The molecular formula is C110H69F3O2S. The van der Waals surface area contributed by atoms with Gasteiger partial charge in [0.25, 0.3) is 0 Å². The molecule has 0 aromatic heterocycles. The maximum absolute atomic E-state index is 18.2. The number of carbonyl (C=O) groups excluding carboxylic acids is 1. The summed E-state index contributed by atoms with van der Waals surface area (Å²) in [6.45, 7) is 0. The molecular weight excluding hydrogens is 1440 g/mol. The van der Waals surface area contributed by atoms with Crippen molar-refractivity contribution in [3.05, 3.63) is 419 Å². The van der Waals surface area contributed by atoms with E-state index in [-0.39, 0.29) is 0 Å². The highest BCUT2D eigenvalue weighted by molar-refractivity contribution is 8.30. The van der Waals surface area contributed by atoms with Crippen LogP contribution in [0, 0.1) is 0 Å². The zero-order valence-electron chi connectivity index (χ0n) is 62.7. The van der Waals surface area contributed by atoms with Gasteiger partial charge >= 0.3 is 12.1 Å². The molecule has 0 amide bonds. The molecule has 21 aromatic carbocycles. The van der Waals surface area contributed by atoms with E-state index in [0.717, 1.165) is 130 Å². The maximum atomic E-state index is 18.2. The summed E-state index contributed by atoms with van der Waals surface area (Å²) in [6, 6.07) is 144. The summed E-state index contributed by atoms with van der Waals surface area (Å²) in [5.41, 5.74) is 12.6. The molecule has 0 radical (unpaired) electrons. The highest BCUT2D eigenvalue weighted by Gasteiger charge is 2.53. The molecule has 0 bridgehead atoms. The van der Waals surface area contributed by atoms with Gasteiger partial charge in [-0.2, -0.15) is 13.2 Å². The first-order chi connectivity index (χ1) is 57.1. The van der Waals surface area contributed by atoms with E-state index < -0.39 is 22.5 Å². The normalized spacial score (nSPS) is 12.1. The summed E-state index contributed by atoms with van der Waals surface area (Å²) in [6.07, 6.45) is -5.65. The number of hydrogen-bond donors (Lipinski definition) is 0. The lowest BCUT2D eigenvalue weighted by Gasteiger charge is -2.47. The molecule has 0 aliphatic rings. The minimum Gasteiger partial charge on any atom is -0.395 e. The molecule has 21 rings (SSSR count). The molecule has 0 fully saturated rings. The molecule has 0 saturated carbocycles. The largest absolute Gasteiger partial charge is 0.491 e. The Labute approximate surface area is 670 Å². The molecule has 0 spiro atoms. The van der Waals surface area contributed by atoms with Crippen LogP contribution >= 0.6 is 10.3 Å². The lowest BCUT2D eigenvalue weighted by molar-refractivity contribution is -0.188. The van der Waals surface area contributed by atoms with Crippen molar-refractivity contribution < 1.29 is 22.1 Å². The van der Waals surface area contributed by atoms with Gasteiger partial charge in [-0.15, -0.1) is 0 Å². The molecule has 0 aliphatic carbocycles. The second kappa shape index (κ2) is 28.3. The second-order valence-electron chi connectivity index (χ2n) is 29.9. The van der Waals surface area contributed by atoms with Crippen LogP contribution in [0.25, 0.3) is 197 Å². The van der Waals surface area contributed by atoms with Gasteiger partial charge in [-0.1, -0.05) is 382 Å². The zero-order valence-corrected chi connectivity index (χ0v) is 63.5. The highest BCUT2D eigenvalue weighted by Crippen LogP contribution is 2.80. The summed E-state index contributed by atoms with van der Waals surface area (Å²) >= 11 is 0. The summed E-state index contributed by atoms with van der Waals surface area (Å²) < 4.78 is 62.6. The molecule has 0 N–H and O–H groups in total. The van der Waals surface area contributed by atoms with E-state index in [1.54, 1.807) is 0 Å². The topological polar surface area (TPSA) is 26.3 Å². The van der Waals surface area contributed by atoms with E-state index in [1.165, 1.54) is 0 Å². The van der Waals surface area contributed by atoms with Crippen LogP contribution in [-0.4, -0.2) is 12.1 Å². The van der Waals surface area contributed by atoms with Crippen molar-refractivity contribution in [2.75, 3.05) is 0 Å². The average Bonchev–Trinajstić information content (AvgIpc) is 0.680. The van der Waals surface area contributed by atoms with E-state index in [4.69, 9.17) is 4.18 Å². The second-order valence-corrected chi connectivity index (χ2v) is 32.4. The first kappa shape index (κ1) is 69.5. The molecule has 0 atom stereocenters. The minimum atomic E-state index is -5.65. The molecule has 0 unspecified atom stereocenters. The Kier molecular flexibility index (Phi) is 17.0. The number of rotatable bonds is 13. The number of halogens is 3. The summed E-state index contributed by atoms with van der Waals surface area (Å²) in [5, 5.41) is 16.3. The van der Waals surface area contributed by atoms with Crippen LogP contribution in [0.2, 0.25) is 0 Å². The van der Waals surface area contributed by atoms with E-state index >= 15 is 18.0 Å². The molecule has 21 aromatic rings. The number of alkyl halides is 3. The fourth-order valence-electron chi connectivity index (χ4n) is 18.3. The average molecular weight is 1510 g/mol. The van der Waals surface area contributed by atoms with Gasteiger partial charge in [0.05, 0.1) is 0 Å². The third-order valence-electron chi connectivity index (χ3n) is 23.3. The third kappa shape index (κ3) is 11.7. The molecule has 0 aliphatic heterocycles. The molecule has 0 saturated heterocycles. The predicted molar refractivity (Wildman–Crippen MR) is 480 cm³/mol. The molecule has 6 heteroatoms. The summed E-state index contributed by atoms with van der Waals surface area (Å²) in [5.74, 6) is -2.37. The van der Waals surface area contributed by atoms with Crippen LogP contribution in [-0.2, 0) is 8.98 Å². The Hall–Kier alpha value is -14.4. The van der Waals surface area contributed by atoms with Crippen LogP contribution in [0.1, 0.15) is 0 Å². The van der Waals surface area contributed by atoms with Crippen molar-refractivity contribution >= 4 is 113 Å². The Morgan fingerprint density at radius 3 is 0.509 bits per heavy atom. The Balaban J connectivity index is 1.13. The van der Waals surface area contributed by atoms with E-state index in [1.807, 2.05) is 127 Å². The first-order valence-electron chi connectivity index (χ1n) is 39.1. The predicted octanol–water partition coefficient (Wildman–Crippen LogP) is 31.4. The van der Waals surface area contributed by atoms with Gasteiger partial charge in [0.1, 0.15) is 0 Å². The Morgan fingerprint density at radius 1 is 0.190 bits per heavy atom. The third-order valence-corrected chi connectivity index (χ3v) is 26.8. The maximum Gasteiger partial charge on any atom is 0.491 e. The summed E-state index contributed by atoms with van der Waals surface area (Å²) in [7, 11) is -4.79. The van der Waals surface area contributed by atoms with Gasteiger partial charge in [0.15, 0.2) is 0 Å². The SMILES string of the molecule is O=C(OS(c1c(-c2cccc3ccccc23)cc(-c2cccc3ccccc23)cc1-c1cccc2ccccc12)(c1c(-c2cccc3ccccc23)cc(-c2cccc3ccccc23)cc1-c1cccc2ccccc12)c1c(-c2cccc3ccccc23)cc(-c2cccc3ccccc23)cc1-c1cccc2ccccc12)C(F)(F)F. The van der Waals surface area contributed by atoms with Crippen molar-refractivity contribution in [3.63, 3.8) is 0 Å². The monoisotopic (exact) mass is 1510 g/mol. The van der Waals surface area contributed by atoms with Gasteiger partial charge in [0.2, 0.25) is 0 Å². The van der Waals surface area contributed by atoms with Crippen molar-refractivity contribution in [2.24, 2.45) is 0 Å². The molecule has 116 heavy (non-hydrogen) atoms. The number of carbonyl (C=O) groups is 1. The smallest absolute Gasteiger partial charge is 0.395 e. The number of hydrogen-bond acceptors (Lipinski definition) is 2. The van der Waals surface area contributed by atoms with Gasteiger partial charge in [-0.05, 0) is 244 Å². The van der Waals surface area contributed by atoms with Crippen LogP contribution in [0.15, 0.2) is 433 Å². The Morgan fingerprint density at radius 2 is 0.336 bits per heavy atom. The lowest BCUT2D eigenvalue weighted by atomic mass is 9.88. The van der Waals surface area contributed by atoms with E-state index in [2.05, 4.69) is 291 Å². The molecule has 2 nitrogen and oxygen atoms in total. The van der Waals surface area contributed by atoms with Gasteiger partial charge in [0, 0.05) is 14.7 Å². The standard InChI is InChI=1S/C110H69F3O2S/c111-110(112,113)109(114)115-116(106-100(94-58-22-40-73-31-4-13-49-85(73)94)64-79(91-55-19-37-70-28-1-10-46-82(70)91)65-101(106)95-59-23-41-74-32-5-14-50-86(74)95,107-102(96-60-24-42-75-33-6-15-51-87(75)96)66-80(92-56-20-38-71-29-2-11-47-83(71)92)67-103(107)97-61-25-43-76-34-7-16-52-88(76)97)108-104(98-62-26-44-77-35-8-17-53-89(77)98)68-81(93-57-21-39-72-30-3-12-48-84(72)93)69-105(108)99-63-27-45-78-36-9-18-54-90(78)99/h1-69H. The van der Waals surface area contributed by atoms with E-state index in [0.29, 0.717) is 81.4 Å². The first-order valence-corrected chi connectivity index (χ1v) is 40.7. The number of fused-ring (bicyclic) bond motifs is 9. The lowest BCUT2D eigenvalue weighted by Crippen LogP contribution is -2.29. The minimum absolute atomic E-state index is 0.369. The van der Waals surface area contributed by atoms with Crippen LogP contribution in [0.3, 0.4) is 0 Å². The van der Waals surface area contributed by atoms with Gasteiger partial charge < -0.3 is 4.18 Å². The van der Waals surface area contributed by atoms with Crippen LogP contribution in [0.5, 0.6) is 0 Å². The van der Waals surface area contributed by atoms with Crippen molar-refractivity contribution in [2.45, 2.75) is 20.9 Å². The van der Waals surface area contributed by atoms with Crippen molar-refractivity contribution in [1.29, 1.82) is 0 Å². The van der Waals surface area contributed by atoms with Crippen molar-refractivity contribution in [3.8, 4) is 100 Å². The van der Waals surface area contributed by atoms with E-state index in [9.17, 15) is 0 Å². The fourth-order valence-corrected chi connectivity index (χ4v) is 22.3. The summed E-state index contributed by atoms with van der Waals surface area (Å²) in [4.78, 5) is 18.2. The van der Waals surface area contributed by atoms with Crippen molar-refractivity contribution in [1.82, 2.24) is 0 Å². The van der Waals surface area contributed by atoms with Gasteiger partial charge in [-0.3, -0.25) is 0 Å². The molecule has 0 heterocycles. The van der Waals surface area contributed by atoms with Crippen LogP contribution in [0.4, 0.5) is 13.2 Å².